The van der Waals surface area contributed by atoms with Gasteiger partial charge in [0, 0.05) is 13.1 Å². The highest BCUT2D eigenvalue weighted by Gasteiger charge is 2.22. The van der Waals surface area contributed by atoms with Crippen LogP contribution >= 0.6 is 63.7 Å². The first kappa shape index (κ1) is 15.0. The predicted octanol–water partition coefficient (Wildman–Crippen LogP) is 5.15. The zero-order valence-corrected chi connectivity index (χ0v) is 16.6. The number of hydrogen-bond donors (Lipinski definition) is 0. The lowest BCUT2D eigenvalue weighted by Crippen LogP contribution is -2.08. The lowest BCUT2D eigenvalue weighted by atomic mass is 10.3. The van der Waals surface area contributed by atoms with Crippen molar-refractivity contribution in [1.29, 1.82) is 0 Å². The van der Waals surface area contributed by atoms with Gasteiger partial charge in [0.25, 0.3) is 0 Å². The molecule has 2 aromatic heterocycles. The van der Waals surface area contributed by atoms with E-state index < -0.39 is 0 Å². The molecule has 4 nitrogen and oxygen atoms in total. The second-order valence-electron chi connectivity index (χ2n) is 4.39. The summed E-state index contributed by atoms with van der Waals surface area (Å²) in [6, 6.07) is 0. The number of nitrogens with zero attached hydrogens (tertiary/aromatic N) is 4. The molecule has 0 bridgehead atoms. The fraction of sp³-hybridized carbons (Fsp3) is 0.333. The molecule has 0 saturated heterocycles. The van der Waals surface area contributed by atoms with Gasteiger partial charge in [-0.1, -0.05) is 12.2 Å². The zero-order chi connectivity index (χ0) is 14.3. The van der Waals surface area contributed by atoms with Gasteiger partial charge in [-0.25, -0.2) is 9.97 Å². The van der Waals surface area contributed by atoms with Gasteiger partial charge in [0.1, 0.15) is 18.4 Å². The molecule has 8 heteroatoms. The molecule has 0 spiro atoms. The summed E-state index contributed by atoms with van der Waals surface area (Å²) in [5.41, 5.74) is 0. The monoisotopic (exact) mass is 526 g/mol. The van der Waals surface area contributed by atoms with Crippen molar-refractivity contribution in [2.45, 2.75) is 25.9 Å². The van der Waals surface area contributed by atoms with Crippen molar-refractivity contribution in [3.8, 4) is 11.6 Å². The van der Waals surface area contributed by atoms with Crippen LogP contribution in [0.3, 0.4) is 0 Å². The molecule has 0 aromatic carbocycles. The van der Waals surface area contributed by atoms with Crippen molar-refractivity contribution in [3.05, 3.63) is 30.6 Å². The summed E-state index contributed by atoms with van der Waals surface area (Å²) in [6.07, 6.45) is 6.40. The van der Waals surface area contributed by atoms with Crippen LogP contribution in [0.15, 0.2) is 30.6 Å². The lowest BCUT2D eigenvalue weighted by molar-refractivity contribution is 0.655. The van der Waals surface area contributed by atoms with Crippen LogP contribution in [0.25, 0.3) is 11.6 Å². The Balaban J connectivity index is 2.24. The molecule has 0 amide bonds. The second kappa shape index (κ2) is 6.06. The third-order valence-corrected chi connectivity index (χ3v) is 6.92. The van der Waals surface area contributed by atoms with Crippen molar-refractivity contribution in [2.75, 3.05) is 0 Å². The third kappa shape index (κ3) is 2.60. The van der Waals surface area contributed by atoms with Crippen LogP contribution < -0.4 is 0 Å². The van der Waals surface area contributed by atoms with Crippen LogP contribution in [-0.2, 0) is 13.1 Å². The van der Waals surface area contributed by atoms with Crippen molar-refractivity contribution in [2.24, 2.45) is 0 Å². The number of halogens is 4. The lowest BCUT2D eigenvalue weighted by Gasteiger charge is -2.12. The molecule has 0 unspecified atom stereocenters. The van der Waals surface area contributed by atoms with E-state index in [1.807, 2.05) is 0 Å². The Morgan fingerprint density at radius 2 is 1.15 bits per heavy atom. The predicted molar refractivity (Wildman–Crippen MR) is 92.6 cm³/mol. The standard InChI is InChI=1S/C12H10Br4N4/c13-7-9(15)19-5-3-1-2-4-6-20-10(16)8(14)18-12(20)11(19)17-7/h1-2H,3-6H2/b2-1+. The Morgan fingerprint density at radius 1 is 0.750 bits per heavy atom. The first-order valence-electron chi connectivity index (χ1n) is 6.08. The van der Waals surface area contributed by atoms with Crippen molar-refractivity contribution in [3.63, 3.8) is 0 Å². The number of aromatic nitrogens is 4. The molecule has 0 N–H and O–H groups in total. The highest BCUT2D eigenvalue weighted by molar-refractivity contribution is 9.13. The van der Waals surface area contributed by atoms with Crippen molar-refractivity contribution in [1.82, 2.24) is 19.1 Å². The fourth-order valence-electron chi connectivity index (χ4n) is 2.20. The minimum atomic E-state index is 0.803. The first-order valence-corrected chi connectivity index (χ1v) is 9.25. The Hall–Kier alpha value is 0.0800. The van der Waals surface area contributed by atoms with E-state index >= 15 is 0 Å². The maximum Gasteiger partial charge on any atom is 0.178 e. The van der Waals surface area contributed by atoms with Gasteiger partial charge in [0.2, 0.25) is 0 Å². The van der Waals surface area contributed by atoms with Crippen LogP contribution in [0, 0.1) is 0 Å². The van der Waals surface area contributed by atoms with Gasteiger partial charge in [-0.15, -0.1) is 0 Å². The van der Waals surface area contributed by atoms with E-state index in [-0.39, 0.29) is 0 Å². The molecule has 106 valence electrons. The van der Waals surface area contributed by atoms with Gasteiger partial charge in [-0.3, -0.25) is 0 Å². The average molecular weight is 530 g/mol. The SMILES string of the molecule is Brc1nc2n(c1Br)CC/C=C/CCn1c-2nc(Br)c1Br. The average Bonchev–Trinajstić information content (AvgIpc) is 2.86. The number of hydrogen-bond acceptors (Lipinski definition) is 2. The highest BCUT2D eigenvalue weighted by Crippen LogP contribution is 2.34. The topological polar surface area (TPSA) is 35.6 Å². The number of allylic oxidation sites excluding steroid dienone is 2. The largest absolute Gasteiger partial charge is 0.315 e. The quantitative estimate of drug-likeness (QED) is 0.443. The minimum Gasteiger partial charge on any atom is -0.315 e. The molecule has 1 aliphatic heterocycles. The highest BCUT2D eigenvalue weighted by atomic mass is 79.9. The van der Waals surface area contributed by atoms with E-state index in [0.29, 0.717) is 0 Å². The van der Waals surface area contributed by atoms with Gasteiger partial charge in [-0.05, 0) is 76.6 Å². The van der Waals surface area contributed by atoms with Gasteiger partial charge in [-0.2, -0.15) is 0 Å². The van der Waals surface area contributed by atoms with Crippen LogP contribution in [0.5, 0.6) is 0 Å². The van der Waals surface area contributed by atoms with E-state index in [1.54, 1.807) is 0 Å². The van der Waals surface area contributed by atoms with E-state index in [9.17, 15) is 0 Å². The number of rotatable bonds is 0. The number of imidazole rings is 2. The fourth-order valence-corrected chi connectivity index (χ4v) is 3.83. The molecule has 3 heterocycles. The Labute approximate surface area is 150 Å². The molecule has 3 rings (SSSR count). The molecule has 20 heavy (non-hydrogen) atoms. The third-order valence-electron chi connectivity index (χ3n) is 3.14. The minimum absolute atomic E-state index is 0.803. The molecule has 0 fully saturated rings. The van der Waals surface area contributed by atoms with Crippen LogP contribution in [0.2, 0.25) is 0 Å². The van der Waals surface area contributed by atoms with Crippen molar-refractivity contribution < 1.29 is 0 Å². The Morgan fingerprint density at radius 3 is 1.55 bits per heavy atom. The first-order chi connectivity index (χ1) is 9.59. The van der Waals surface area contributed by atoms with Crippen LogP contribution in [0.1, 0.15) is 12.8 Å². The van der Waals surface area contributed by atoms with Gasteiger partial charge >= 0.3 is 0 Å². The van der Waals surface area contributed by atoms with Crippen LogP contribution in [0.4, 0.5) is 0 Å². The Kier molecular flexibility index (Phi) is 4.54. The molecular weight excluding hydrogens is 520 g/mol. The molecule has 2 aromatic rings. The molecule has 0 atom stereocenters. The van der Waals surface area contributed by atoms with E-state index in [1.165, 1.54) is 0 Å². The maximum absolute atomic E-state index is 4.60. The van der Waals surface area contributed by atoms with Gasteiger partial charge in [0.15, 0.2) is 11.6 Å². The van der Waals surface area contributed by atoms with Gasteiger partial charge < -0.3 is 9.13 Å². The molecular formula is C12H10Br4N4. The second-order valence-corrected chi connectivity index (χ2v) is 7.39. The van der Waals surface area contributed by atoms with Crippen LogP contribution in [-0.4, -0.2) is 19.1 Å². The molecule has 0 aliphatic carbocycles. The summed E-state index contributed by atoms with van der Waals surface area (Å²) in [5.74, 6) is 1.73. The normalized spacial score (nSPS) is 16.6. The van der Waals surface area contributed by atoms with E-state index in [2.05, 4.69) is 95.0 Å². The summed E-state index contributed by atoms with van der Waals surface area (Å²) in [5, 5.41) is 0. The summed E-state index contributed by atoms with van der Waals surface area (Å²) in [7, 11) is 0. The smallest absolute Gasteiger partial charge is 0.178 e. The summed E-state index contributed by atoms with van der Waals surface area (Å²) in [6.45, 7) is 1.74. The number of fused-ring (bicyclic) bond motifs is 3. The Bertz CT molecular complexity index is 628. The summed E-state index contributed by atoms with van der Waals surface area (Å²) < 4.78 is 7.77. The molecule has 0 saturated carbocycles. The van der Waals surface area contributed by atoms with E-state index in [0.717, 1.165) is 56.0 Å². The molecule has 1 aliphatic rings. The zero-order valence-electron chi connectivity index (χ0n) is 10.3. The van der Waals surface area contributed by atoms with Crippen molar-refractivity contribution >= 4 is 63.7 Å². The van der Waals surface area contributed by atoms with Gasteiger partial charge in [0.05, 0.1) is 0 Å². The maximum atomic E-state index is 4.60. The summed E-state index contributed by atoms with van der Waals surface area (Å²) in [4.78, 5) is 9.21. The molecule has 0 radical (unpaired) electrons. The van der Waals surface area contributed by atoms with E-state index in [4.69, 9.17) is 0 Å². The summed E-state index contributed by atoms with van der Waals surface area (Å²) >= 11 is 14.1.